The molecule has 4 heteroatoms. The number of hydrogen-bond donors (Lipinski definition) is 0. The SMILES string of the molecule is CO[C@H]1CN(C#N)CC[C@H]1C(C)=O. The zero-order valence-electron chi connectivity index (χ0n) is 7.99. The molecule has 0 bridgehead atoms. The lowest BCUT2D eigenvalue weighted by Crippen LogP contribution is -2.45. The van der Waals surface area contributed by atoms with Gasteiger partial charge in [-0.1, -0.05) is 0 Å². The average Bonchev–Trinajstić information content (AvgIpc) is 2.16. The topological polar surface area (TPSA) is 53.3 Å². The van der Waals surface area contributed by atoms with E-state index in [4.69, 9.17) is 10.00 Å². The van der Waals surface area contributed by atoms with E-state index in [0.29, 0.717) is 13.1 Å². The van der Waals surface area contributed by atoms with Gasteiger partial charge >= 0.3 is 0 Å². The Morgan fingerprint density at radius 2 is 2.38 bits per heavy atom. The second kappa shape index (κ2) is 4.24. The number of nitriles is 1. The highest BCUT2D eigenvalue weighted by molar-refractivity contribution is 5.79. The van der Waals surface area contributed by atoms with Crippen molar-refractivity contribution in [3.8, 4) is 6.19 Å². The van der Waals surface area contributed by atoms with Crippen LogP contribution in [0.5, 0.6) is 0 Å². The van der Waals surface area contributed by atoms with E-state index in [1.54, 1.807) is 18.9 Å². The van der Waals surface area contributed by atoms with Crippen LogP contribution in [-0.4, -0.2) is 37.0 Å². The Morgan fingerprint density at radius 1 is 1.69 bits per heavy atom. The summed E-state index contributed by atoms with van der Waals surface area (Å²) in [5, 5.41) is 8.66. The number of nitrogens with zero attached hydrogens (tertiary/aromatic N) is 2. The Labute approximate surface area is 78.1 Å². The molecule has 0 unspecified atom stereocenters. The maximum Gasteiger partial charge on any atom is 0.179 e. The first-order chi connectivity index (χ1) is 6.19. The number of rotatable bonds is 2. The monoisotopic (exact) mass is 182 g/mol. The number of carbonyl (C=O) groups is 1. The van der Waals surface area contributed by atoms with E-state index in [9.17, 15) is 4.79 Å². The highest BCUT2D eigenvalue weighted by atomic mass is 16.5. The van der Waals surface area contributed by atoms with Crippen molar-refractivity contribution in [1.29, 1.82) is 5.26 Å². The van der Waals surface area contributed by atoms with Crippen LogP contribution in [0.2, 0.25) is 0 Å². The van der Waals surface area contributed by atoms with Crippen molar-refractivity contribution < 1.29 is 9.53 Å². The summed E-state index contributed by atoms with van der Waals surface area (Å²) in [5.41, 5.74) is 0. The maximum absolute atomic E-state index is 11.2. The summed E-state index contributed by atoms with van der Waals surface area (Å²) < 4.78 is 5.18. The maximum atomic E-state index is 11.2. The van der Waals surface area contributed by atoms with Crippen molar-refractivity contribution in [3.05, 3.63) is 0 Å². The minimum Gasteiger partial charge on any atom is -0.379 e. The van der Waals surface area contributed by atoms with Gasteiger partial charge in [-0.25, -0.2) is 0 Å². The van der Waals surface area contributed by atoms with E-state index < -0.39 is 0 Å². The zero-order valence-corrected chi connectivity index (χ0v) is 7.99. The molecule has 0 amide bonds. The van der Waals surface area contributed by atoms with Crippen LogP contribution in [0.3, 0.4) is 0 Å². The van der Waals surface area contributed by atoms with Crippen molar-refractivity contribution in [2.24, 2.45) is 5.92 Å². The first kappa shape index (κ1) is 10.0. The fraction of sp³-hybridized carbons (Fsp3) is 0.778. The van der Waals surface area contributed by atoms with Gasteiger partial charge in [-0.3, -0.25) is 4.79 Å². The van der Waals surface area contributed by atoms with Gasteiger partial charge in [0.2, 0.25) is 0 Å². The second-order valence-corrected chi connectivity index (χ2v) is 3.33. The molecule has 13 heavy (non-hydrogen) atoms. The predicted octanol–water partition coefficient (Wildman–Crippen LogP) is 0.393. The third-order valence-electron chi connectivity index (χ3n) is 2.53. The van der Waals surface area contributed by atoms with Gasteiger partial charge in [0.15, 0.2) is 6.19 Å². The number of carbonyl (C=O) groups excluding carboxylic acids is 1. The van der Waals surface area contributed by atoms with Crippen molar-refractivity contribution in [1.82, 2.24) is 4.90 Å². The second-order valence-electron chi connectivity index (χ2n) is 3.33. The molecule has 1 saturated heterocycles. The molecule has 0 spiro atoms. The average molecular weight is 182 g/mol. The Morgan fingerprint density at radius 3 is 2.85 bits per heavy atom. The fourth-order valence-electron chi connectivity index (χ4n) is 1.71. The molecule has 4 nitrogen and oxygen atoms in total. The van der Waals surface area contributed by atoms with Crippen LogP contribution in [0.25, 0.3) is 0 Å². The standard InChI is InChI=1S/C9H14N2O2/c1-7(12)8-3-4-11(6-10)5-9(8)13-2/h8-9H,3-5H2,1-2H3/t8-,9-/m0/s1. The first-order valence-corrected chi connectivity index (χ1v) is 4.37. The molecule has 2 atom stereocenters. The van der Waals surface area contributed by atoms with E-state index in [2.05, 4.69) is 6.19 Å². The van der Waals surface area contributed by atoms with Crippen molar-refractivity contribution in [2.75, 3.05) is 20.2 Å². The van der Waals surface area contributed by atoms with Crippen LogP contribution in [0, 0.1) is 17.4 Å². The minimum atomic E-state index is -0.120. The normalized spacial score (nSPS) is 28.2. The molecule has 0 aromatic rings. The summed E-state index contributed by atoms with van der Waals surface area (Å²) in [4.78, 5) is 12.8. The zero-order chi connectivity index (χ0) is 9.84. The molecular weight excluding hydrogens is 168 g/mol. The third kappa shape index (κ3) is 2.19. The number of likely N-dealkylation sites (tertiary alicyclic amines) is 1. The Balaban J connectivity index is 2.61. The summed E-state index contributed by atoms with van der Waals surface area (Å²) in [6.07, 6.45) is 2.67. The van der Waals surface area contributed by atoms with Crippen LogP contribution in [-0.2, 0) is 9.53 Å². The number of Topliss-reactive ketones (excluding diaryl/α,β-unsaturated/α-hetero) is 1. The lowest BCUT2D eigenvalue weighted by molar-refractivity contribution is -0.127. The van der Waals surface area contributed by atoms with E-state index in [1.165, 1.54) is 0 Å². The van der Waals surface area contributed by atoms with E-state index >= 15 is 0 Å². The molecule has 1 aliphatic rings. The van der Waals surface area contributed by atoms with Gasteiger partial charge in [0.05, 0.1) is 12.6 Å². The first-order valence-electron chi connectivity index (χ1n) is 4.37. The van der Waals surface area contributed by atoms with E-state index in [1.807, 2.05) is 0 Å². The van der Waals surface area contributed by atoms with Crippen molar-refractivity contribution in [3.63, 3.8) is 0 Å². The van der Waals surface area contributed by atoms with Crippen molar-refractivity contribution >= 4 is 5.78 Å². The summed E-state index contributed by atoms with van der Waals surface area (Å²) in [5.74, 6) is 0.124. The highest BCUT2D eigenvalue weighted by Crippen LogP contribution is 2.20. The van der Waals surface area contributed by atoms with Crippen LogP contribution in [0.15, 0.2) is 0 Å². The molecular formula is C9H14N2O2. The molecule has 0 aromatic heterocycles. The Kier molecular flexibility index (Phi) is 3.26. The van der Waals surface area contributed by atoms with Crippen LogP contribution in [0.1, 0.15) is 13.3 Å². The Hall–Kier alpha value is -1.08. The molecule has 72 valence electrons. The van der Waals surface area contributed by atoms with E-state index in [-0.39, 0.29) is 17.8 Å². The molecule has 1 fully saturated rings. The Bertz CT molecular complexity index is 234. The minimum absolute atomic E-state index is 0.0328. The van der Waals surface area contributed by atoms with Gasteiger partial charge < -0.3 is 9.64 Å². The van der Waals surface area contributed by atoms with Gasteiger partial charge in [-0.05, 0) is 13.3 Å². The molecule has 0 aromatic carbocycles. The highest BCUT2D eigenvalue weighted by Gasteiger charge is 2.31. The lowest BCUT2D eigenvalue weighted by atomic mass is 9.91. The van der Waals surface area contributed by atoms with Gasteiger partial charge in [-0.2, -0.15) is 5.26 Å². The number of hydrogen-bond acceptors (Lipinski definition) is 4. The summed E-state index contributed by atoms with van der Waals surface area (Å²) >= 11 is 0. The van der Waals surface area contributed by atoms with Gasteiger partial charge in [0.25, 0.3) is 0 Å². The summed E-state index contributed by atoms with van der Waals surface area (Å²) in [6.45, 7) is 2.79. The molecule has 1 aliphatic heterocycles. The molecule has 0 N–H and O–H groups in total. The number of piperidine rings is 1. The smallest absolute Gasteiger partial charge is 0.179 e. The number of ether oxygens (including phenoxy) is 1. The van der Waals surface area contributed by atoms with Crippen LogP contribution in [0.4, 0.5) is 0 Å². The number of ketones is 1. The number of methoxy groups -OCH3 is 1. The molecule has 0 aliphatic carbocycles. The summed E-state index contributed by atoms with van der Waals surface area (Å²) in [7, 11) is 1.58. The molecule has 1 heterocycles. The van der Waals surface area contributed by atoms with Gasteiger partial charge in [-0.15, -0.1) is 0 Å². The van der Waals surface area contributed by atoms with Crippen molar-refractivity contribution in [2.45, 2.75) is 19.4 Å². The largest absolute Gasteiger partial charge is 0.379 e. The van der Waals surface area contributed by atoms with Crippen LogP contribution < -0.4 is 0 Å². The van der Waals surface area contributed by atoms with E-state index in [0.717, 1.165) is 6.42 Å². The third-order valence-corrected chi connectivity index (χ3v) is 2.53. The predicted molar refractivity (Wildman–Crippen MR) is 46.8 cm³/mol. The summed E-state index contributed by atoms with van der Waals surface area (Å²) in [6, 6.07) is 0. The molecule has 0 saturated carbocycles. The van der Waals surface area contributed by atoms with Gasteiger partial charge in [0, 0.05) is 19.6 Å². The molecule has 0 radical (unpaired) electrons. The fourth-order valence-corrected chi connectivity index (χ4v) is 1.71. The van der Waals surface area contributed by atoms with Gasteiger partial charge in [0.1, 0.15) is 5.78 Å². The van der Waals surface area contributed by atoms with Crippen LogP contribution >= 0.6 is 0 Å². The lowest BCUT2D eigenvalue weighted by Gasteiger charge is -2.33. The molecule has 1 rings (SSSR count). The quantitative estimate of drug-likeness (QED) is 0.580.